The Morgan fingerprint density at radius 1 is 1.00 bits per heavy atom. The third kappa shape index (κ3) is 6.35. The SMILES string of the molecule is COc1ccc(NC(=O)C(NCc2ccc(CN3CCCC3)cc2)c2ccccc2)cc1Cl. The lowest BCUT2D eigenvalue weighted by Crippen LogP contribution is -2.32. The fourth-order valence-corrected chi connectivity index (χ4v) is 4.41. The average molecular weight is 464 g/mol. The van der Waals surface area contributed by atoms with Crippen LogP contribution in [0.2, 0.25) is 5.02 Å². The number of carbonyl (C=O) groups excluding carboxylic acids is 1. The molecule has 1 aliphatic heterocycles. The van der Waals surface area contributed by atoms with Crippen LogP contribution in [0.25, 0.3) is 0 Å². The van der Waals surface area contributed by atoms with E-state index in [1.54, 1.807) is 25.3 Å². The van der Waals surface area contributed by atoms with Gasteiger partial charge in [0.25, 0.3) is 0 Å². The summed E-state index contributed by atoms with van der Waals surface area (Å²) in [6, 6.07) is 23.1. The van der Waals surface area contributed by atoms with E-state index in [1.165, 1.54) is 31.5 Å². The topological polar surface area (TPSA) is 53.6 Å². The second-order valence-electron chi connectivity index (χ2n) is 8.36. The zero-order chi connectivity index (χ0) is 23.0. The Morgan fingerprint density at radius 2 is 1.70 bits per heavy atom. The highest BCUT2D eigenvalue weighted by Crippen LogP contribution is 2.28. The van der Waals surface area contributed by atoms with Gasteiger partial charge in [-0.3, -0.25) is 15.0 Å². The molecule has 33 heavy (non-hydrogen) atoms. The first kappa shape index (κ1) is 23.3. The lowest BCUT2D eigenvalue weighted by atomic mass is 10.0. The summed E-state index contributed by atoms with van der Waals surface area (Å²) in [5, 5.41) is 6.85. The summed E-state index contributed by atoms with van der Waals surface area (Å²) in [4.78, 5) is 15.7. The van der Waals surface area contributed by atoms with E-state index in [4.69, 9.17) is 16.3 Å². The largest absolute Gasteiger partial charge is 0.495 e. The molecule has 0 aromatic heterocycles. The maximum Gasteiger partial charge on any atom is 0.246 e. The molecule has 6 heteroatoms. The van der Waals surface area contributed by atoms with Crippen LogP contribution in [-0.2, 0) is 17.9 Å². The Hall–Kier alpha value is -2.86. The van der Waals surface area contributed by atoms with Crippen LogP contribution >= 0.6 is 11.6 Å². The highest BCUT2D eigenvalue weighted by Gasteiger charge is 2.20. The van der Waals surface area contributed by atoms with E-state index in [0.717, 1.165) is 17.7 Å². The van der Waals surface area contributed by atoms with Crippen molar-refractivity contribution < 1.29 is 9.53 Å². The number of rotatable bonds is 9. The first-order valence-corrected chi connectivity index (χ1v) is 11.7. The van der Waals surface area contributed by atoms with Gasteiger partial charge in [0.05, 0.1) is 12.1 Å². The quantitative estimate of drug-likeness (QED) is 0.445. The van der Waals surface area contributed by atoms with Crippen LogP contribution in [-0.4, -0.2) is 31.0 Å². The smallest absolute Gasteiger partial charge is 0.246 e. The summed E-state index contributed by atoms with van der Waals surface area (Å²) < 4.78 is 5.19. The zero-order valence-electron chi connectivity index (χ0n) is 18.9. The van der Waals surface area contributed by atoms with Crippen molar-refractivity contribution in [1.29, 1.82) is 0 Å². The molecule has 1 heterocycles. The van der Waals surface area contributed by atoms with Crippen LogP contribution < -0.4 is 15.4 Å². The van der Waals surface area contributed by atoms with Gasteiger partial charge in [0, 0.05) is 18.8 Å². The average Bonchev–Trinajstić information content (AvgIpc) is 3.34. The third-order valence-electron chi connectivity index (χ3n) is 5.95. The van der Waals surface area contributed by atoms with Gasteiger partial charge in [-0.15, -0.1) is 0 Å². The number of methoxy groups -OCH3 is 1. The van der Waals surface area contributed by atoms with Gasteiger partial charge in [0.1, 0.15) is 11.8 Å². The Kier molecular flexibility index (Phi) is 8.00. The van der Waals surface area contributed by atoms with Gasteiger partial charge in [-0.05, 0) is 60.8 Å². The normalized spacial score (nSPS) is 14.7. The maximum atomic E-state index is 13.2. The number of hydrogen-bond donors (Lipinski definition) is 2. The summed E-state index contributed by atoms with van der Waals surface area (Å²) in [5.41, 5.74) is 4.00. The molecule has 3 aromatic carbocycles. The van der Waals surface area contributed by atoms with Crippen molar-refractivity contribution in [3.63, 3.8) is 0 Å². The van der Waals surface area contributed by atoms with Gasteiger partial charge in [-0.2, -0.15) is 0 Å². The molecular formula is C27H30ClN3O2. The second-order valence-corrected chi connectivity index (χ2v) is 8.77. The van der Waals surface area contributed by atoms with Crippen molar-refractivity contribution in [2.45, 2.75) is 32.0 Å². The number of carbonyl (C=O) groups is 1. The van der Waals surface area contributed by atoms with Crippen LogP contribution in [0.15, 0.2) is 72.8 Å². The molecular weight excluding hydrogens is 434 g/mol. The highest BCUT2D eigenvalue weighted by molar-refractivity contribution is 6.32. The number of likely N-dealkylation sites (tertiary alicyclic amines) is 1. The van der Waals surface area contributed by atoms with Gasteiger partial charge in [-0.25, -0.2) is 0 Å². The molecule has 0 aliphatic carbocycles. The predicted octanol–water partition coefficient (Wildman–Crippen LogP) is 5.41. The van der Waals surface area contributed by atoms with Crippen molar-refractivity contribution >= 4 is 23.2 Å². The number of halogens is 1. The lowest BCUT2D eigenvalue weighted by Gasteiger charge is -2.20. The summed E-state index contributed by atoms with van der Waals surface area (Å²) in [6.45, 7) is 3.97. The van der Waals surface area contributed by atoms with E-state index in [1.807, 2.05) is 30.3 Å². The van der Waals surface area contributed by atoms with Crippen LogP contribution in [0.1, 0.15) is 35.6 Å². The molecule has 0 saturated carbocycles. The van der Waals surface area contributed by atoms with E-state index in [2.05, 4.69) is 39.8 Å². The Morgan fingerprint density at radius 3 is 2.36 bits per heavy atom. The minimum Gasteiger partial charge on any atom is -0.495 e. The van der Waals surface area contributed by atoms with E-state index in [-0.39, 0.29) is 5.91 Å². The van der Waals surface area contributed by atoms with E-state index in [9.17, 15) is 4.79 Å². The number of nitrogens with one attached hydrogen (secondary N) is 2. The van der Waals surface area contributed by atoms with Crippen LogP contribution in [0.4, 0.5) is 5.69 Å². The molecule has 2 N–H and O–H groups in total. The number of anilines is 1. The lowest BCUT2D eigenvalue weighted by molar-refractivity contribution is -0.118. The van der Waals surface area contributed by atoms with Crippen molar-refractivity contribution in [3.05, 3.63) is 94.5 Å². The van der Waals surface area contributed by atoms with Crippen molar-refractivity contribution in [2.75, 3.05) is 25.5 Å². The zero-order valence-corrected chi connectivity index (χ0v) is 19.6. The van der Waals surface area contributed by atoms with Crippen molar-refractivity contribution in [1.82, 2.24) is 10.2 Å². The standard InChI is InChI=1S/C27H30ClN3O2/c1-33-25-14-13-23(17-24(25)28)30-27(32)26(22-7-3-2-4-8-22)29-18-20-9-11-21(12-10-20)19-31-15-5-6-16-31/h2-4,7-14,17,26,29H,5-6,15-16,18-19H2,1H3,(H,30,32). The van der Waals surface area contributed by atoms with Crippen LogP contribution in [0, 0.1) is 0 Å². The Labute approximate surface area is 200 Å². The summed E-state index contributed by atoms with van der Waals surface area (Å²) >= 11 is 6.22. The number of hydrogen-bond acceptors (Lipinski definition) is 4. The molecule has 1 amide bonds. The molecule has 5 nitrogen and oxygen atoms in total. The molecule has 1 saturated heterocycles. The van der Waals surface area contributed by atoms with E-state index >= 15 is 0 Å². The van der Waals surface area contributed by atoms with Gasteiger partial charge in [0.15, 0.2) is 0 Å². The Bertz CT molecular complexity index is 1050. The number of ether oxygens (including phenoxy) is 1. The molecule has 172 valence electrons. The predicted molar refractivity (Wildman–Crippen MR) is 134 cm³/mol. The second kappa shape index (κ2) is 11.3. The molecule has 0 radical (unpaired) electrons. The number of amides is 1. The van der Waals surface area contributed by atoms with Crippen molar-refractivity contribution in [2.24, 2.45) is 0 Å². The molecule has 1 aliphatic rings. The van der Waals surface area contributed by atoms with Crippen LogP contribution in [0.5, 0.6) is 5.75 Å². The van der Waals surface area contributed by atoms with E-state index < -0.39 is 6.04 Å². The van der Waals surface area contributed by atoms with Gasteiger partial charge >= 0.3 is 0 Å². The van der Waals surface area contributed by atoms with Crippen LogP contribution in [0.3, 0.4) is 0 Å². The molecule has 1 fully saturated rings. The molecule has 1 atom stereocenters. The number of benzene rings is 3. The van der Waals surface area contributed by atoms with Gasteiger partial charge in [0.2, 0.25) is 5.91 Å². The van der Waals surface area contributed by atoms with Gasteiger partial charge < -0.3 is 10.1 Å². The third-order valence-corrected chi connectivity index (χ3v) is 6.25. The summed E-state index contributed by atoms with van der Waals surface area (Å²) in [7, 11) is 1.56. The van der Waals surface area contributed by atoms with Crippen molar-refractivity contribution in [3.8, 4) is 5.75 Å². The fraction of sp³-hybridized carbons (Fsp3) is 0.296. The molecule has 1 unspecified atom stereocenters. The van der Waals surface area contributed by atoms with Gasteiger partial charge in [-0.1, -0.05) is 66.2 Å². The first-order chi connectivity index (χ1) is 16.1. The minimum absolute atomic E-state index is 0.145. The highest BCUT2D eigenvalue weighted by atomic mass is 35.5. The maximum absolute atomic E-state index is 13.2. The summed E-state index contributed by atoms with van der Waals surface area (Å²) in [5.74, 6) is 0.425. The summed E-state index contributed by atoms with van der Waals surface area (Å²) in [6.07, 6.45) is 2.60. The molecule has 4 rings (SSSR count). The molecule has 0 spiro atoms. The molecule has 0 bridgehead atoms. The number of nitrogens with zero attached hydrogens (tertiary/aromatic N) is 1. The molecule has 3 aromatic rings. The first-order valence-electron chi connectivity index (χ1n) is 11.4. The monoisotopic (exact) mass is 463 g/mol. The van der Waals surface area contributed by atoms with E-state index in [0.29, 0.717) is 23.0 Å². The fourth-order valence-electron chi connectivity index (χ4n) is 4.15. The minimum atomic E-state index is -0.503. The Balaban J connectivity index is 1.42.